The van der Waals surface area contributed by atoms with E-state index in [9.17, 15) is 0 Å². The highest BCUT2D eigenvalue weighted by atomic mass is 16.5. The van der Waals surface area contributed by atoms with Gasteiger partial charge in [0.25, 0.3) is 0 Å². The second-order valence-corrected chi connectivity index (χ2v) is 3.79. The molecular weight excluding hydrogens is 226 g/mol. The molecule has 0 aliphatic carbocycles. The molecule has 0 saturated carbocycles. The number of rotatable bonds is 4. The lowest BCUT2D eigenvalue weighted by Gasteiger charge is -2.07. The number of benzene rings is 1. The first-order chi connectivity index (χ1) is 8.74. The number of nitrogens with one attached hydrogen (secondary N) is 2. The molecule has 0 radical (unpaired) electrons. The molecule has 0 bridgehead atoms. The van der Waals surface area contributed by atoms with Gasteiger partial charge in [0.15, 0.2) is 0 Å². The first kappa shape index (κ1) is 12.1. The summed E-state index contributed by atoms with van der Waals surface area (Å²) in [5.74, 6) is 1.54. The van der Waals surface area contributed by atoms with Gasteiger partial charge in [0.1, 0.15) is 11.6 Å². The van der Waals surface area contributed by atoms with E-state index in [2.05, 4.69) is 10.3 Å². The van der Waals surface area contributed by atoms with Crippen LogP contribution in [0.5, 0.6) is 5.75 Å². The van der Waals surface area contributed by atoms with E-state index in [1.165, 1.54) is 0 Å². The van der Waals surface area contributed by atoms with E-state index >= 15 is 0 Å². The molecule has 2 N–H and O–H groups in total. The Morgan fingerprint density at radius 1 is 1.22 bits per heavy atom. The molecule has 0 atom stereocenters. The fraction of sp³-hybridized carbons (Fsp3) is 0.143. The molecule has 0 saturated heterocycles. The monoisotopic (exact) mass is 241 g/mol. The van der Waals surface area contributed by atoms with E-state index in [1.54, 1.807) is 13.3 Å². The van der Waals surface area contributed by atoms with Crippen molar-refractivity contribution in [2.75, 3.05) is 19.5 Å². The SMILES string of the molecule is CNc1ccc(C(=N)c2cccc(OC)c2)cn1. The molecule has 0 spiro atoms. The van der Waals surface area contributed by atoms with Gasteiger partial charge < -0.3 is 10.1 Å². The third-order valence-corrected chi connectivity index (χ3v) is 2.67. The van der Waals surface area contributed by atoms with Crippen molar-refractivity contribution in [3.63, 3.8) is 0 Å². The number of hydrogen-bond acceptors (Lipinski definition) is 4. The number of methoxy groups -OCH3 is 1. The van der Waals surface area contributed by atoms with Gasteiger partial charge in [0, 0.05) is 24.4 Å². The van der Waals surface area contributed by atoms with Crippen LogP contribution in [0, 0.1) is 5.41 Å². The maximum absolute atomic E-state index is 8.15. The minimum Gasteiger partial charge on any atom is -0.497 e. The Hall–Kier alpha value is -2.36. The maximum atomic E-state index is 8.15. The fourth-order valence-electron chi connectivity index (χ4n) is 1.63. The number of nitrogens with zero attached hydrogens (tertiary/aromatic N) is 1. The van der Waals surface area contributed by atoms with Gasteiger partial charge in [0.05, 0.1) is 12.8 Å². The van der Waals surface area contributed by atoms with Crippen molar-refractivity contribution >= 4 is 11.5 Å². The first-order valence-electron chi connectivity index (χ1n) is 5.61. The molecule has 0 aliphatic rings. The van der Waals surface area contributed by atoms with Gasteiger partial charge in [0.2, 0.25) is 0 Å². The molecule has 2 aromatic rings. The highest BCUT2D eigenvalue weighted by Crippen LogP contribution is 2.16. The highest BCUT2D eigenvalue weighted by molar-refractivity contribution is 6.10. The number of hydrogen-bond donors (Lipinski definition) is 2. The number of aromatic nitrogens is 1. The molecule has 18 heavy (non-hydrogen) atoms. The average molecular weight is 241 g/mol. The van der Waals surface area contributed by atoms with Crippen molar-refractivity contribution in [1.29, 1.82) is 5.41 Å². The molecule has 1 heterocycles. The van der Waals surface area contributed by atoms with Crippen LogP contribution in [0.1, 0.15) is 11.1 Å². The van der Waals surface area contributed by atoms with E-state index in [-0.39, 0.29) is 0 Å². The summed E-state index contributed by atoms with van der Waals surface area (Å²) in [6, 6.07) is 11.2. The van der Waals surface area contributed by atoms with E-state index in [1.807, 2.05) is 43.4 Å². The Balaban J connectivity index is 2.29. The fourth-order valence-corrected chi connectivity index (χ4v) is 1.63. The van der Waals surface area contributed by atoms with Gasteiger partial charge in [-0.1, -0.05) is 12.1 Å². The Labute approximate surface area is 106 Å². The molecule has 4 nitrogen and oxygen atoms in total. The Morgan fingerprint density at radius 2 is 2.06 bits per heavy atom. The number of ether oxygens (including phenoxy) is 1. The van der Waals surface area contributed by atoms with Crippen molar-refractivity contribution < 1.29 is 4.74 Å². The predicted octanol–water partition coefficient (Wildman–Crippen LogP) is 2.55. The van der Waals surface area contributed by atoms with Crippen LogP contribution in [0.3, 0.4) is 0 Å². The van der Waals surface area contributed by atoms with Crippen molar-refractivity contribution in [2.24, 2.45) is 0 Å². The number of anilines is 1. The lowest BCUT2D eigenvalue weighted by molar-refractivity contribution is 0.414. The molecule has 1 aromatic heterocycles. The van der Waals surface area contributed by atoms with Gasteiger partial charge in [-0.25, -0.2) is 4.98 Å². The summed E-state index contributed by atoms with van der Waals surface area (Å²) in [7, 11) is 3.43. The highest BCUT2D eigenvalue weighted by Gasteiger charge is 2.06. The summed E-state index contributed by atoms with van der Waals surface area (Å²) in [6.45, 7) is 0. The van der Waals surface area contributed by atoms with Crippen LogP contribution in [0.2, 0.25) is 0 Å². The largest absolute Gasteiger partial charge is 0.497 e. The predicted molar refractivity (Wildman–Crippen MR) is 72.7 cm³/mol. The Morgan fingerprint density at radius 3 is 2.67 bits per heavy atom. The lowest BCUT2D eigenvalue weighted by Crippen LogP contribution is -2.03. The summed E-state index contributed by atoms with van der Waals surface area (Å²) < 4.78 is 5.16. The number of pyridine rings is 1. The third kappa shape index (κ3) is 2.48. The van der Waals surface area contributed by atoms with Crippen molar-refractivity contribution in [3.05, 3.63) is 53.7 Å². The van der Waals surface area contributed by atoms with Gasteiger partial charge in [-0.15, -0.1) is 0 Å². The van der Waals surface area contributed by atoms with Crippen LogP contribution in [-0.4, -0.2) is 24.9 Å². The molecular formula is C14H15N3O. The van der Waals surface area contributed by atoms with E-state index in [4.69, 9.17) is 10.1 Å². The zero-order valence-corrected chi connectivity index (χ0v) is 10.4. The summed E-state index contributed by atoms with van der Waals surface area (Å²) >= 11 is 0. The van der Waals surface area contributed by atoms with Crippen molar-refractivity contribution in [2.45, 2.75) is 0 Å². The van der Waals surface area contributed by atoms with Crippen LogP contribution < -0.4 is 10.1 Å². The van der Waals surface area contributed by atoms with Crippen LogP contribution in [-0.2, 0) is 0 Å². The van der Waals surface area contributed by atoms with Crippen LogP contribution in [0.25, 0.3) is 0 Å². The second kappa shape index (κ2) is 5.31. The summed E-state index contributed by atoms with van der Waals surface area (Å²) in [5, 5.41) is 11.1. The summed E-state index contributed by atoms with van der Waals surface area (Å²) in [5.41, 5.74) is 2.03. The zero-order valence-electron chi connectivity index (χ0n) is 10.4. The maximum Gasteiger partial charge on any atom is 0.125 e. The smallest absolute Gasteiger partial charge is 0.125 e. The zero-order chi connectivity index (χ0) is 13.0. The Kier molecular flexibility index (Phi) is 3.57. The average Bonchev–Trinajstić information content (AvgIpc) is 2.46. The van der Waals surface area contributed by atoms with Gasteiger partial charge >= 0.3 is 0 Å². The minimum absolute atomic E-state index is 0.434. The minimum atomic E-state index is 0.434. The molecule has 2 rings (SSSR count). The normalized spacial score (nSPS) is 9.89. The van der Waals surface area contributed by atoms with Gasteiger partial charge in [-0.2, -0.15) is 0 Å². The molecule has 1 aromatic carbocycles. The molecule has 4 heteroatoms. The molecule has 0 amide bonds. The molecule has 92 valence electrons. The van der Waals surface area contributed by atoms with Crippen molar-refractivity contribution in [3.8, 4) is 5.75 Å². The van der Waals surface area contributed by atoms with Gasteiger partial charge in [-0.05, 0) is 24.3 Å². The third-order valence-electron chi connectivity index (χ3n) is 2.67. The quantitative estimate of drug-likeness (QED) is 0.809. The van der Waals surface area contributed by atoms with E-state index < -0.39 is 0 Å². The first-order valence-corrected chi connectivity index (χ1v) is 5.61. The topological polar surface area (TPSA) is 58.0 Å². The van der Waals surface area contributed by atoms with E-state index in [0.717, 1.165) is 22.7 Å². The van der Waals surface area contributed by atoms with E-state index in [0.29, 0.717) is 5.71 Å². The second-order valence-electron chi connectivity index (χ2n) is 3.79. The summed E-state index contributed by atoms with van der Waals surface area (Å²) in [6.07, 6.45) is 1.69. The molecule has 0 unspecified atom stereocenters. The molecule has 0 aliphatic heterocycles. The molecule has 0 fully saturated rings. The standard InChI is InChI=1S/C14H15N3O/c1-16-13-7-6-11(9-17-13)14(15)10-4-3-5-12(8-10)18-2/h3-9,15H,1-2H3,(H,16,17). The van der Waals surface area contributed by atoms with Crippen molar-refractivity contribution in [1.82, 2.24) is 4.98 Å². The summed E-state index contributed by atoms with van der Waals surface area (Å²) in [4.78, 5) is 4.20. The Bertz CT molecular complexity index is 549. The lowest BCUT2D eigenvalue weighted by atomic mass is 10.0. The van der Waals surface area contributed by atoms with Gasteiger partial charge in [-0.3, -0.25) is 5.41 Å². The van der Waals surface area contributed by atoms with Crippen LogP contribution >= 0.6 is 0 Å². The van der Waals surface area contributed by atoms with Crippen LogP contribution in [0.15, 0.2) is 42.6 Å². The van der Waals surface area contributed by atoms with Crippen LogP contribution in [0.4, 0.5) is 5.82 Å².